The second-order valence-corrected chi connectivity index (χ2v) is 5.49. The summed E-state index contributed by atoms with van der Waals surface area (Å²) >= 11 is 1.32. The Morgan fingerprint density at radius 1 is 1.37 bits per heavy atom. The van der Waals surface area contributed by atoms with Gasteiger partial charge in [-0.25, -0.2) is 4.98 Å². The molecule has 1 unspecified atom stereocenters. The van der Waals surface area contributed by atoms with E-state index in [1.807, 2.05) is 6.92 Å². The summed E-state index contributed by atoms with van der Waals surface area (Å²) in [4.78, 5) is 33.6. The van der Waals surface area contributed by atoms with Gasteiger partial charge in [0, 0.05) is 17.5 Å². The summed E-state index contributed by atoms with van der Waals surface area (Å²) in [5.74, 6) is -0.789. The van der Waals surface area contributed by atoms with E-state index in [9.17, 15) is 9.59 Å². The fourth-order valence-electron chi connectivity index (χ4n) is 2.28. The van der Waals surface area contributed by atoms with Crippen LogP contribution < -0.4 is 0 Å². The second kappa shape index (κ2) is 4.66. The monoisotopic (exact) mass is 272 g/mol. The minimum Gasteiger partial charge on any atom is -0.293 e. The standard InChI is InChI=1S/C14H12N2O2S/c1-8-2-3-9(6-15-8)12(17)10-4-5-11-14(13(10)18)19-7-16-11/h2-3,6-7,10H,4-5H2,1H3. The number of thiazole rings is 1. The SMILES string of the molecule is Cc1ccc(C(=O)C2CCc3ncsc3C2=O)cn1. The van der Waals surface area contributed by atoms with Crippen molar-refractivity contribution >= 4 is 22.9 Å². The van der Waals surface area contributed by atoms with Gasteiger partial charge in [0.05, 0.1) is 22.0 Å². The molecule has 0 radical (unpaired) electrons. The molecule has 2 aromatic rings. The quantitative estimate of drug-likeness (QED) is 0.622. The van der Waals surface area contributed by atoms with E-state index in [1.54, 1.807) is 23.8 Å². The largest absolute Gasteiger partial charge is 0.293 e. The second-order valence-electron chi connectivity index (χ2n) is 4.64. The number of ketones is 2. The maximum Gasteiger partial charge on any atom is 0.185 e. The van der Waals surface area contributed by atoms with Gasteiger partial charge in [0.1, 0.15) is 0 Å². The smallest absolute Gasteiger partial charge is 0.185 e. The molecule has 0 bridgehead atoms. The van der Waals surface area contributed by atoms with Crippen molar-refractivity contribution < 1.29 is 9.59 Å². The summed E-state index contributed by atoms with van der Waals surface area (Å²) in [6.45, 7) is 1.86. The minimum atomic E-state index is -0.572. The molecule has 2 heterocycles. The maximum absolute atomic E-state index is 12.4. The van der Waals surface area contributed by atoms with Crippen LogP contribution >= 0.6 is 11.3 Å². The van der Waals surface area contributed by atoms with E-state index in [4.69, 9.17) is 0 Å². The fourth-order valence-corrected chi connectivity index (χ4v) is 3.12. The van der Waals surface area contributed by atoms with Gasteiger partial charge in [-0.05, 0) is 31.9 Å². The number of hydrogen-bond donors (Lipinski definition) is 0. The van der Waals surface area contributed by atoms with Gasteiger partial charge in [-0.3, -0.25) is 14.6 Å². The lowest BCUT2D eigenvalue weighted by molar-refractivity contribution is 0.0793. The molecule has 3 rings (SSSR count). The summed E-state index contributed by atoms with van der Waals surface area (Å²) in [7, 11) is 0. The van der Waals surface area contributed by atoms with Gasteiger partial charge in [-0.15, -0.1) is 11.3 Å². The number of rotatable bonds is 2. The van der Waals surface area contributed by atoms with E-state index < -0.39 is 5.92 Å². The zero-order valence-corrected chi connectivity index (χ0v) is 11.2. The molecule has 0 fully saturated rings. The van der Waals surface area contributed by atoms with Crippen molar-refractivity contribution in [3.63, 3.8) is 0 Å². The number of fused-ring (bicyclic) bond motifs is 1. The van der Waals surface area contributed by atoms with Crippen molar-refractivity contribution in [2.24, 2.45) is 5.92 Å². The highest BCUT2D eigenvalue weighted by Crippen LogP contribution is 2.29. The van der Waals surface area contributed by atoms with Gasteiger partial charge in [0.15, 0.2) is 11.6 Å². The van der Waals surface area contributed by atoms with Crippen molar-refractivity contribution in [2.75, 3.05) is 0 Å². The van der Waals surface area contributed by atoms with Gasteiger partial charge < -0.3 is 0 Å². The zero-order valence-electron chi connectivity index (χ0n) is 10.4. The van der Waals surface area contributed by atoms with Crippen molar-refractivity contribution in [1.29, 1.82) is 0 Å². The fraction of sp³-hybridized carbons (Fsp3) is 0.286. The summed E-state index contributed by atoms with van der Waals surface area (Å²) in [6, 6.07) is 3.53. The van der Waals surface area contributed by atoms with Crippen LogP contribution in [0.5, 0.6) is 0 Å². The number of carbonyl (C=O) groups is 2. The van der Waals surface area contributed by atoms with Crippen molar-refractivity contribution in [3.8, 4) is 0 Å². The lowest BCUT2D eigenvalue weighted by Crippen LogP contribution is -2.28. The first-order chi connectivity index (χ1) is 9.16. The summed E-state index contributed by atoms with van der Waals surface area (Å²) in [5, 5.41) is 0. The number of nitrogens with zero attached hydrogens (tertiary/aromatic N) is 2. The number of aryl methyl sites for hydroxylation is 2. The average Bonchev–Trinajstić information content (AvgIpc) is 2.88. The van der Waals surface area contributed by atoms with Crippen LogP contribution in [0.2, 0.25) is 0 Å². The zero-order chi connectivity index (χ0) is 13.4. The van der Waals surface area contributed by atoms with Gasteiger partial charge in [0.2, 0.25) is 0 Å². The summed E-state index contributed by atoms with van der Waals surface area (Å²) < 4.78 is 0. The number of Topliss-reactive ketones (excluding diaryl/α,β-unsaturated/α-hetero) is 2. The molecule has 0 amide bonds. The first kappa shape index (κ1) is 12.2. The molecule has 0 spiro atoms. The van der Waals surface area contributed by atoms with E-state index >= 15 is 0 Å². The molecule has 1 aliphatic rings. The first-order valence-corrected chi connectivity index (χ1v) is 6.98. The van der Waals surface area contributed by atoms with Crippen LogP contribution in [0.15, 0.2) is 23.8 Å². The Morgan fingerprint density at radius 2 is 2.21 bits per heavy atom. The highest BCUT2D eigenvalue weighted by atomic mass is 32.1. The minimum absolute atomic E-state index is 0.0886. The Morgan fingerprint density at radius 3 is 2.95 bits per heavy atom. The lowest BCUT2D eigenvalue weighted by atomic mass is 9.84. The summed E-state index contributed by atoms with van der Waals surface area (Å²) in [5.41, 5.74) is 3.87. The maximum atomic E-state index is 12.4. The van der Waals surface area contributed by atoms with Crippen LogP contribution in [0.3, 0.4) is 0 Å². The van der Waals surface area contributed by atoms with E-state index in [-0.39, 0.29) is 11.6 Å². The normalized spacial score (nSPS) is 18.2. The lowest BCUT2D eigenvalue weighted by Gasteiger charge is -2.18. The molecule has 5 heteroatoms. The third kappa shape index (κ3) is 2.10. The number of carbonyl (C=O) groups excluding carboxylic acids is 2. The van der Waals surface area contributed by atoms with E-state index in [2.05, 4.69) is 9.97 Å². The van der Waals surface area contributed by atoms with E-state index in [1.165, 1.54) is 11.3 Å². The molecule has 0 N–H and O–H groups in total. The Hall–Kier alpha value is -1.88. The third-order valence-corrected chi connectivity index (χ3v) is 4.25. The molecule has 96 valence electrons. The van der Waals surface area contributed by atoms with Crippen LogP contribution in [-0.2, 0) is 6.42 Å². The highest BCUT2D eigenvalue weighted by molar-refractivity contribution is 7.12. The Kier molecular flexibility index (Phi) is 2.98. The number of aromatic nitrogens is 2. The number of pyridine rings is 1. The van der Waals surface area contributed by atoms with Gasteiger partial charge in [-0.1, -0.05) is 0 Å². The molecule has 0 aromatic carbocycles. The van der Waals surface area contributed by atoms with Gasteiger partial charge >= 0.3 is 0 Å². The Balaban J connectivity index is 1.90. The molecular formula is C14H12N2O2S. The first-order valence-electron chi connectivity index (χ1n) is 6.10. The van der Waals surface area contributed by atoms with Gasteiger partial charge in [-0.2, -0.15) is 0 Å². The molecule has 19 heavy (non-hydrogen) atoms. The number of hydrogen-bond acceptors (Lipinski definition) is 5. The molecule has 1 atom stereocenters. The van der Waals surface area contributed by atoms with Crippen LogP contribution in [0.4, 0.5) is 0 Å². The predicted octanol–water partition coefficient (Wildman–Crippen LogP) is 2.47. The van der Waals surface area contributed by atoms with Gasteiger partial charge in [0.25, 0.3) is 0 Å². The topological polar surface area (TPSA) is 59.9 Å². The average molecular weight is 272 g/mol. The molecule has 4 nitrogen and oxygen atoms in total. The molecule has 0 saturated heterocycles. The third-order valence-electron chi connectivity index (χ3n) is 3.36. The van der Waals surface area contributed by atoms with Crippen molar-refractivity contribution in [2.45, 2.75) is 19.8 Å². The molecule has 0 saturated carbocycles. The van der Waals surface area contributed by atoms with E-state index in [0.717, 1.165) is 11.4 Å². The highest BCUT2D eigenvalue weighted by Gasteiger charge is 2.34. The van der Waals surface area contributed by atoms with Crippen LogP contribution in [0.1, 0.15) is 37.8 Å². The van der Waals surface area contributed by atoms with Crippen molar-refractivity contribution in [3.05, 3.63) is 45.7 Å². The molecule has 2 aromatic heterocycles. The van der Waals surface area contributed by atoms with Crippen molar-refractivity contribution in [1.82, 2.24) is 9.97 Å². The molecular weight excluding hydrogens is 260 g/mol. The Bertz CT molecular complexity index is 646. The Labute approximate surface area is 114 Å². The van der Waals surface area contributed by atoms with Crippen LogP contribution in [0.25, 0.3) is 0 Å². The molecule has 1 aliphatic carbocycles. The molecule has 0 aliphatic heterocycles. The predicted molar refractivity (Wildman–Crippen MR) is 71.6 cm³/mol. The van der Waals surface area contributed by atoms with Crippen LogP contribution in [-0.4, -0.2) is 21.5 Å². The summed E-state index contributed by atoms with van der Waals surface area (Å²) in [6.07, 6.45) is 2.79. The van der Waals surface area contributed by atoms with E-state index in [0.29, 0.717) is 23.3 Å². The van der Waals surface area contributed by atoms with Crippen LogP contribution in [0, 0.1) is 12.8 Å².